The fourth-order valence-electron chi connectivity index (χ4n) is 4.00. The van der Waals surface area contributed by atoms with Crippen molar-refractivity contribution in [3.05, 3.63) is 16.8 Å². The number of anilines is 1. The molecule has 6 N–H and O–H groups in total. The lowest BCUT2D eigenvalue weighted by Crippen LogP contribution is -2.41. The molecule has 0 radical (unpaired) electrons. The number of hydrogen-bond acceptors (Lipinski definition) is 11. The van der Waals surface area contributed by atoms with Gasteiger partial charge in [-0.15, -0.1) is 0 Å². The molecule has 6 atom stereocenters. The Bertz CT molecular complexity index is 1160. The summed E-state index contributed by atoms with van der Waals surface area (Å²) in [5.74, 6) is -0.197. The third-order valence-corrected chi connectivity index (χ3v) is 8.84. The first-order valence-corrected chi connectivity index (χ1v) is 12.8. The van der Waals surface area contributed by atoms with E-state index in [0.717, 1.165) is 6.33 Å². The highest BCUT2D eigenvalue weighted by molar-refractivity contribution is 7.54. The van der Waals surface area contributed by atoms with Crippen LogP contribution in [0.5, 0.6) is 0 Å². The Labute approximate surface area is 201 Å². The van der Waals surface area contributed by atoms with Crippen LogP contribution in [0.2, 0.25) is 0 Å². The molecule has 0 saturated carbocycles. The number of hydrogen-bond donors (Lipinski definition) is 5. The summed E-state index contributed by atoms with van der Waals surface area (Å²) < 4.78 is 25.8. The molecule has 2 aromatic heterocycles. The summed E-state index contributed by atoms with van der Waals surface area (Å²) in [6.07, 6.45) is -3.72. The van der Waals surface area contributed by atoms with E-state index in [2.05, 4.69) is 25.0 Å². The number of ether oxygens (including phenoxy) is 1. The van der Waals surface area contributed by atoms with Crippen LogP contribution in [0.3, 0.4) is 0 Å². The van der Waals surface area contributed by atoms with Gasteiger partial charge in [0.15, 0.2) is 28.6 Å². The highest BCUT2D eigenvalue weighted by atomic mass is 31.2. The van der Waals surface area contributed by atoms with Gasteiger partial charge in [0.05, 0.1) is 11.7 Å². The minimum absolute atomic E-state index is 0.0128. The molecule has 1 aliphatic heterocycles. The number of aromatic nitrogens is 4. The van der Waals surface area contributed by atoms with Gasteiger partial charge < -0.3 is 30.7 Å². The molecule has 0 aliphatic carbocycles. The molecule has 16 heteroatoms. The van der Waals surface area contributed by atoms with Gasteiger partial charge in [-0.25, -0.2) is 15.0 Å². The molecule has 15 nitrogen and oxygen atoms in total. The zero-order valence-electron chi connectivity index (χ0n) is 19.9. The fraction of sp³-hybridized carbons (Fsp3) is 0.737. The minimum Gasteiger partial charge on any atom is -0.388 e. The third kappa shape index (κ3) is 4.86. The maximum absolute atomic E-state index is 12.9. The van der Waals surface area contributed by atoms with Crippen LogP contribution in [0.4, 0.5) is 11.8 Å². The lowest BCUT2D eigenvalue weighted by molar-refractivity contribution is -0.0749. The van der Waals surface area contributed by atoms with Crippen molar-refractivity contribution in [3.8, 4) is 0 Å². The van der Waals surface area contributed by atoms with Crippen molar-refractivity contribution in [2.75, 3.05) is 5.73 Å². The molecule has 3 rings (SSSR count). The van der Waals surface area contributed by atoms with Gasteiger partial charge in [0.25, 0.3) is 0 Å². The van der Waals surface area contributed by atoms with Crippen LogP contribution < -0.4 is 5.73 Å². The van der Waals surface area contributed by atoms with E-state index in [9.17, 15) is 24.8 Å². The molecule has 1 saturated heterocycles. The Morgan fingerprint density at radius 3 is 2.51 bits per heavy atom. The molecular weight excluding hydrogens is 483 g/mol. The maximum atomic E-state index is 12.9. The Morgan fingerprint density at radius 2 is 1.94 bits per heavy atom. The largest absolute Gasteiger partial charge is 0.388 e. The van der Waals surface area contributed by atoms with Crippen LogP contribution in [0.25, 0.3) is 21.6 Å². The second-order valence-corrected chi connectivity index (χ2v) is 10.9. The number of imidazole rings is 1. The smallest absolute Gasteiger partial charge is 0.359 e. The lowest BCUT2D eigenvalue weighted by atomic mass is 9.88. The van der Waals surface area contributed by atoms with Gasteiger partial charge in [0.1, 0.15) is 18.5 Å². The van der Waals surface area contributed by atoms with Crippen LogP contribution in [-0.4, -0.2) is 69.0 Å². The van der Waals surface area contributed by atoms with Crippen molar-refractivity contribution in [1.82, 2.24) is 19.5 Å². The average molecular weight is 514 g/mol. The molecular formula is C19H31N8O7P. The monoisotopic (exact) mass is 514 g/mol. The van der Waals surface area contributed by atoms with Gasteiger partial charge in [-0.1, -0.05) is 20.8 Å². The number of azide groups is 1. The second kappa shape index (κ2) is 9.96. The molecule has 2 aromatic rings. The van der Waals surface area contributed by atoms with Crippen molar-refractivity contribution < 1.29 is 34.0 Å². The summed E-state index contributed by atoms with van der Waals surface area (Å²) in [5.41, 5.74) is 13.8. The van der Waals surface area contributed by atoms with E-state index in [1.165, 1.54) is 11.5 Å². The minimum atomic E-state index is -4.51. The number of aliphatic hydroxyl groups excluding tert-OH is 2. The van der Waals surface area contributed by atoms with E-state index >= 15 is 0 Å². The highest BCUT2D eigenvalue weighted by Gasteiger charge is 2.52. The van der Waals surface area contributed by atoms with E-state index < -0.39 is 43.1 Å². The van der Waals surface area contributed by atoms with Crippen molar-refractivity contribution in [2.45, 2.75) is 88.9 Å². The normalized spacial score (nSPS) is 26.3. The highest BCUT2D eigenvalue weighted by Crippen LogP contribution is 2.59. The zero-order chi connectivity index (χ0) is 26.2. The lowest BCUT2D eigenvalue weighted by Gasteiger charge is -2.39. The molecule has 4 unspecified atom stereocenters. The van der Waals surface area contributed by atoms with Crippen LogP contribution >= 0.6 is 7.60 Å². The van der Waals surface area contributed by atoms with Crippen LogP contribution in [0.15, 0.2) is 11.4 Å². The van der Waals surface area contributed by atoms with Crippen molar-refractivity contribution >= 4 is 30.5 Å². The Kier molecular flexibility index (Phi) is 7.75. The summed E-state index contributed by atoms with van der Waals surface area (Å²) in [6.45, 7) is 6.26. The van der Waals surface area contributed by atoms with E-state index in [0.29, 0.717) is 0 Å². The first-order valence-electron chi connectivity index (χ1n) is 11.2. The zero-order valence-corrected chi connectivity index (χ0v) is 20.8. The van der Waals surface area contributed by atoms with Gasteiger partial charge in [-0.2, -0.15) is 0 Å². The number of aliphatic hydroxyl groups is 3. The summed E-state index contributed by atoms with van der Waals surface area (Å²) >= 11 is 0. The molecule has 0 aromatic carbocycles. The van der Waals surface area contributed by atoms with Crippen molar-refractivity contribution in [3.63, 3.8) is 0 Å². The standard InChI is InChI=1S/C19H31N8O7P/c1-5-18(4,30)35(31,32)34-19(6-2,7-3)8-10-12(28)13(29)16(33-10)27-15-11(14(20)22-9-23-15)24-17(27)25-26-21/h9-10,12-13,16,28-30H,5-8H2,1-4H3,(H,31,32)(H2,20,22,23)/t10?,12?,13-,16-,18?/m1/s1. The van der Waals surface area contributed by atoms with Crippen LogP contribution in [-0.2, 0) is 13.8 Å². The predicted molar refractivity (Wildman–Crippen MR) is 124 cm³/mol. The first-order chi connectivity index (χ1) is 16.4. The number of fused-ring (bicyclic) bond motifs is 1. The van der Waals surface area contributed by atoms with Crippen molar-refractivity contribution in [1.29, 1.82) is 0 Å². The van der Waals surface area contributed by atoms with Gasteiger partial charge in [-0.3, -0.25) is 13.7 Å². The molecule has 1 fully saturated rings. The summed E-state index contributed by atoms with van der Waals surface area (Å²) in [4.78, 5) is 25.3. The van der Waals surface area contributed by atoms with E-state index in [4.69, 9.17) is 20.5 Å². The topological polar surface area (TPSA) is 235 Å². The van der Waals surface area contributed by atoms with E-state index in [1.807, 2.05) is 0 Å². The number of rotatable bonds is 10. The SMILES string of the molecule is CCC(CC)(CC1O[C@@H](n2c(N=[N+]=[N-])nc3c(N)ncnc32)[C@H](O)C1O)OP(=O)(O)C(C)(O)CC. The molecule has 0 bridgehead atoms. The second-order valence-electron chi connectivity index (χ2n) is 8.73. The first kappa shape index (κ1) is 27.2. The Morgan fingerprint density at radius 1 is 1.29 bits per heavy atom. The quantitative estimate of drug-likeness (QED) is 0.133. The van der Waals surface area contributed by atoms with Crippen LogP contribution in [0, 0.1) is 0 Å². The van der Waals surface area contributed by atoms with E-state index in [-0.39, 0.29) is 48.6 Å². The number of nitrogen functional groups attached to an aromatic ring is 1. The fourth-order valence-corrected chi connectivity index (χ4v) is 5.46. The number of nitrogens with two attached hydrogens (primary N) is 1. The van der Waals surface area contributed by atoms with Crippen LogP contribution in [0.1, 0.15) is 59.6 Å². The molecule has 1 aliphatic rings. The third-order valence-electron chi connectivity index (χ3n) is 6.67. The Balaban J connectivity index is 1.97. The molecule has 194 valence electrons. The maximum Gasteiger partial charge on any atom is 0.359 e. The average Bonchev–Trinajstić information content (AvgIpc) is 3.31. The Hall–Kier alpha value is -2.35. The van der Waals surface area contributed by atoms with Crippen molar-refractivity contribution in [2.24, 2.45) is 5.11 Å². The van der Waals surface area contributed by atoms with Gasteiger partial charge in [-0.05, 0) is 36.8 Å². The molecule has 3 heterocycles. The number of nitrogens with zero attached hydrogens (tertiary/aromatic N) is 7. The van der Waals surface area contributed by atoms with Gasteiger partial charge in [0, 0.05) is 11.3 Å². The predicted octanol–water partition coefficient (Wildman–Crippen LogP) is 2.24. The molecule has 0 spiro atoms. The van der Waals surface area contributed by atoms with Gasteiger partial charge in [0.2, 0.25) is 5.95 Å². The van der Waals surface area contributed by atoms with Gasteiger partial charge >= 0.3 is 7.60 Å². The van der Waals surface area contributed by atoms with E-state index in [1.54, 1.807) is 20.8 Å². The summed E-state index contributed by atoms with van der Waals surface area (Å²) in [5, 5.41) is 33.6. The summed E-state index contributed by atoms with van der Waals surface area (Å²) in [6, 6.07) is 0. The summed E-state index contributed by atoms with van der Waals surface area (Å²) in [7, 11) is -4.51. The molecule has 35 heavy (non-hydrogen) atoms. The molecule has 0 amide bonds.